The standard InChI is InChI=1S/2C9H5NO3.C8H10/c2*11-8-7-2-1-5(9(12)13)3-6(7)4-10-8;1-7-4-3-5-8(2)6-7/h2*1-4H,(H,12,13);3-6H,1-2H3. The minimum atomic E-state index is -1.00. The van der Waals surface area contributed by atoms with Gasteiger partial charge in [-0.1, -0.05) is 35.4 Å². The summed E-state index contributed by atoms with van der Waals surface area (Å²) < 4.78 is 0. The fourth-order valence-electron chi connectivity index (χ4n) is 3.20. The van der Waals surface area contributed by atoms with E-state index >= 15 is 0 Å². The van der Waals surface area contributed by atoms with Crippen molar-refractivity contribution >= 4 is 36.2 Å². The van der Waals surface area contributed by atoms with Crippen LogP contribution < -0.4 is 0 Å². The second kappa shape index (κ2) is 10.3. The van der Waals surface area contributed by atoms with Crippen molar-refractivity contribution < 1.29 is 29.4 Å². The molecule has 2 N–H and O–H groups in total. The molecule has 3 aromatic carbocycles. The topological polar surface area (TPSA) is 133 Å². The molecule has 3 aromatic rings. The zero-order valence-electron chi connectivity index (χ0n) is 18.4. The highest BCUT2D eigenvalue weighted by molar-refractivity contribution is 6.14. The summed E-state index contributed by atoms with van der Waals surface area (Å²) in [7, 11) is 0. The molecule has 2 amide bonds. The average Bonchev–Trinajstić information content (AvgIpc) is 3.36. The Morgan fingerprint density at radius 2 is 1.06 bits per heavy atom. The van der Waals surface area contributed by atoms with Crippen molar-refractivity contribution in [1.29, 1.82) is 0 Å². The number of aliphatic imine (C=N–C) groups is 2. The van der Waals surface area contributed by atoms with E-state index < -0.39 is 11.9 Å². The molecule has 170 valence electrons. The van der Waals surface area contributed by atoms with E-state index in [0.29, 0.717) is 22.3 Å². The monoisotopic (exact) mass is 456 g/mol. The van der Waals surface area contributed by atoms with Crippen LogP contribution in [0.4, 0.5) is 0 Å². The summed E-state index contributed by atoms with van der Waals surface area (Å²) in [6, 6.07) is 17.1. The maximum Gasteiger partial charge on any atom is 0.335 e. The number of hydrogen-bond acceptors (Lipinski definition) is 4. The summed E-state index contributed by atoms with van der Waals surface area (Å²) in [5, 5.41) is 17.3. The van der Waals surface area contributed by atoms with Crippen molar-refractivity contribution in [3.05, 3.63) is 105 Å². The Morgan fingerprint density at radius 1 is 0.647 bits per heavy atom. The first-order valence-corrected chi connectivity index (χ1v) is 10.1. The number of carboxylic acids is 2. The SMILES string of the molecule is Cc1cccc(C)c1.O=C(O)c1ccc2c(c1)C=NC2=O.O=C(O)c1ccc2c(c1)C=NC2=O. The highest BCUT2D eigenvalue weighted by atomic mass is 16.4. The minimum absolute atomic E-state index is 0.167. The van der Waals surface area contributed by atoms with Crippen LogP contribution in [0.15, 0.2) is 70.6 Å². The van der Waals surface area contributed by atoms with Crippen molar-refractivity contribution in [1.82, 2.24) is 0 Å². The second-order valence-corrected chi connectivity index (χ2v) is 7.50. The van der Waals surface area contributed by atoms with Crippen LogP contribution in [0.1, 0.15) is 63.7 Å². The van der Waals surface area contributed by atoms with E-state index in [0.717, 1.165) is 0 Å². The lowest BCUT2D eigenvalue weighted by Gasteiger charge is -1.96. The lowest BCUT2D eigenvalue weighted by atomic mass is 10.1. The zero-order chi connectivity index (χ0) is 24.8. The number of benzene rings is 3. The Morgan fingerprint density at radius 3 is 1.38 bits per heavy atom. The third-order valence-electron chi connectivity index (χ3n) is 4.87. The molecular weight excluding hydrogens is 436 g/mol. The van der Waals surface area contributed by atoms with Gasteiger partial charge >= 0.3 is 11.9 Å². The minimum Gasteiger partial charge on any atom is -0.478 e. The summed E-state index contributed by atoms with van der Waals surface area (Å²) in [6.45, 7) is 4.21. The molecule has 0 aromatic heterocycles. The predicted molar refractivity (Wildman–Crippen MR) is 127 cm³/mol. The van der Waals surface area contributed by atoms with Crippen LogP contribution in [0, 0.1) is 13.8 Å². The number of carboxylic acid groups (broad SMARTS) is 2. The van der Waals surface area contributed by atoms with Gasteiger partial charge < -0.3 is 10.2 Å². The van der Waals surface area contributed by atoms with Crippen molar-refractivity contribution in [3.63, 3.8) is 0 Å². The van der Waals surface area contributed by atoms with Gasteiger partial charge in [-0.15, -0.1) is 0 Å². The molecule has 0 fully saturated rings. The molecule has 8 heteroatoms. The Bertz CT molecular complexity index is 1270. The molecule has 0 radical (unpaired) electrons. The lowest BCUT2D eigenvalue weighted by Crippen LogP contribution is -1.99. The molecule has 2 aliphatic heterocycles. The number of aromatic carboxylic acids is 2. The molecule has 2 heterocycles. The summed E-state index contributed by atoms with van der Waals surface area (Å²) in [5.74, 6) is -2.63. The molecule has 0 aliphatic carbocycles. The molecule has 0 saturated heterocycles. The number of amides is 2. The van der Waals surface area contributed by atoms with Crippen molar-refractivity contribution in [3.8, 4) is 0 Å². The fourth-order valence-corrected chi connectivity index (χ4v) is 3.20. The van der Waals surface area contributed by atoms with Gasteiger partial charge in [0.1, 0.15) is 0 Å². The first-order chi connectivity index (χ1) is 16.2. The molecule has 0 saturated carbocycles. The largest absolute Gasteiger partial charge is 0.478 e. The third-order valence-corrected chi connectivity index (χ3v) is 4.87. The second-order valence-electron chi connectivity index (χ2n) is 7.50. The van der Waals surface area contributed by atoms with E-state index in [9.17, 15) is 19.2 Å². The van der Waals surface area contributed by atoms with E-state index in [-0.39, 0.29) is 22.9 Å². The number of nitrogens with zero attached hydrogens (tertiary/aromatic N) is 2. The number of carbonyl (C=O) groups is 4. The van der Waals surface area contributed by atoms with Crippen LogP contribution in [-0.4, -0.2) is 46.4 Å². The van der Waals surface area contributed by atoms with Gasteiger partial charge in [0, 0.05) is 23.6 Å². The molecule has 34 heavy (non-hydrogen) atoms. The van der Waals surface area contributed by atoms with Crippen molar-refractivity contribution in [2.75, 3.05) is 0 Å². The van der Waals surface area contributed by atoms with Crippen LogP contribution in [0.5, 0.6) is 0 Å². The van der Waals surface area contributed by atoms with Gasteiger partial charge in [-0.05, 0) is 50.2 Å². The van der Waals surface area contributed by atoms with Crippen LogP contribution in [0.2, 0.25) is 0 Å². The zero-order valence-corrected chi connectivity index (χ0v) is 18.4. The Balaban J connectivity index is 0.000000148. The van der Waals surface area contributed by atoms with Gasteiger partial charge in [0.05, 0.1) is 22.3 Å². The Kier molecular flexibility index (Phi) is 7.23. The van der Waals surface area contributed by atoms with E-state index in [4.69, 9.17) is 10.2 Å². The molecule has 2 aliphatic rings. The lowest BCUT2D eigenvalue weighted by molar-refractivity contribution is 0.0686. The maximum absolute atomic E-state index is 11.0. The highest BCUT2D eigenvalue weighted by Gasteiger charge is 2.17. The maximum atomic E-state index is 11.0. The van der Waals surface area contributed by atoms with Crippen LogP contribution >= 0.6 is 0 Å². The van der Waals surface area contributed by atoms with Crippen LogP contribution in [-0.2, 0) is 0 Å². The molecular formula is C26H20N2O6. The van der Waals surface area contributed by atoms with Crippen molar-refractivity contribution in [2.24, 2.45) is 9.98 Å². The fraction of sp³-hybridized carbons (Fsp3) is 0.0769. The summed E-state index contributed by atoms with van der Waals surface area (Å²) in [6.07, 6.45) is 2.76. The molecule has 0 bridgehead atoms. The molecule has 5 rings (SSSR count). The summed E-state index contributed by atoms with van der Waals surface area (Å²) >= 11 is 0. The highest BCUT2D eigenvalue weighted by Crippen LogP contribution is 2.17. The normalized spacial score (nSPS) is 12.2. The molecule has 8 nitrogen and oxygen atoms in total. The summed E-state index contributed by atoms with van der Waals surface area (Å²) in [5.41, 5.74) is 5.08. The van der Waals surface area contributed by atoms with Gasteiger partial charge in [0.15, 0.2) is 0 Å². The summed E-state index contributed by atoms with van der Waals surface area (Å²) in [4.78, 5) is 50.2. The number of hydrogen-bond donors (Lipinski definition) is 2. The number of carbonyl (C=O) groups excluding carboxylic acids is 2. The van der Waals surface area contributed by atoms with Gasteiger partial charge in [-0.3, -0.25) is 9.59 Å². The predicted octanol–water partition coefficient (Wildman–Crippen LogP) is 4.22. The number of fused-ring (bicyclic) bond motifs is 2. The van der Waals surface area contributed by atoms with Gasteiger partial charge in [0.25, 0.3) is 11.8 Å². The van der Waals surface area contributed by atoms with Gasteiger partial charge in [-0.2, -0.15) is 0 Å². The third kappa shape index (κ3) is 5.74. The number of rotatable bonds is 2. The number of aryl methyl sites for hydroxylation is 2. The van der Waals surface area contributed by atoms with Crippen LogP contribution in [0.25, 0.3) is 0 Å². The van der Waals surface area contributed by atoms with E-state index in [2.05, 4.69) is 48.1 Å². The van der Waals surface area contributed by atoms with E-state index in [1.807, 2.05) is 0 Å². The quantitative estimate of drug-likeness (QED) is 0.593. The van der Waals surface area contributed by atoms with E-state index in [1.165, 1.54) is 60.0 Å². The first-order valence-electron chi connectivity index (χ1n) is 10.1. The Hall–Kier alpha value is -4.72. The first kappa shape index (κ1) is 23.9. The molecule has 0 atom stereocenters. The van der Waals surface area contributed by atoms with E-state index in [1.54, 1.807) is 0 Å². The van der Waals surface area contributed by atoms with Crippen LogP contribution in [0.3, 0.4) is 0 Å². The molecule has 0 unspecified atom stereocenters. The van der Waals surface area contributed by atoms with Crippen molar-refractivity contribution in [2.45, 2.75) is 13.8 Å². The smallest absolute Gasteiger partial charge is 0.335 e. The Labute approximate surface area is 194 Å². The van der Waals surface area contributed by atoms with Gasteiger partial charge in [-0.25, -0.2) is 19.6 Å². The average molecular weight is 456 g/mol. The molecule has 0 spiro atoms. The van der Waals surface area contributed by atoms with Gasteiger partial charge in [0.2, 0.25) is 0 Å².